The number of thioether (sulfide) groups is 1. The maximum absolute atomic E-state index is 12.5. The second-order valence-corrected chi connectivity index (χ2v) is 5.56. The van der Waals surface area contributed by atoms with Gasteiger partial charge in [-0.1, -0.05) is 6.42 Å². The van der Waals surface area contributed by atoms with Crippen LogP contribution in [0.3, 0.4) is 0 Å². The molecule has 0 radical (unpaired) electrons. The van der Waals surface area contributed by atoms with Gasteiger partial charge in [0.2, 0.25) is 5.91 Å². The van der Waals surface area contributed by atoms with E-state index >= 15 is 0 Å². The normalized spacial score (nSPS) is 28.8. The lowest BCUT2D eigenvalue weighted by atomic mass is 10.0. The van der Waals surface area contributed by atoms with Crippen LogP contribution in [0.2, 0.25) is 0 Å². The Morgan fingerprint density at radius 1 is 1.41 bits per heavy atom. The van der Waals surface area contributed by atoms with E-state index in [2.05, 4.69) is 5.32 Å². The smallest absolute Gasteiger partial charge is 0.350 e. The van der Waals surface area contributed by atoms with Crippen LogP contribution in [0.1, 0.15) is 26.2 Å². The molecule has 3 N–H and O–H groups in total. The standard InChI is InChI=1S/C10H17F3N2OS/c1-9(14,10(11,12)13)8(16)15-6-4-3-5-7(6)17-2/h6-7H,3-5,14H2,1-2H3,(H,15,16). The maximum Gasteiger partial charge on any atom is 0.415 e. The molecule has 17 heavy (non-hydrogen) atoms. The van der Waals surface area contributed by atoms with Crippen LogP contribution in [0.15, 0.2) is 0 Å². The first kappa shape index (κ1) is 14.6. The van der Waals surface area contributed by atoms with Gasteiger partial charge < -0.3 is 11.1 Å². The van der Waals surface area contributed by atoms with Crippen molar-refractivity contribution in [3.63, 3.8) is 0 Å². The van der Waals surface area contributed by atoms with E-state index in [9.17, 15) is 18.0 Å². The van der Waals surface area contributed by atoms with E-state index in [4.69, 9.17) is 5.73 Å². The Kier molecular flexibility index (Phi) is 4.35. The third-order valence-corrected chi connectivity index (χ3v) is 4.30. The zero-order chi connectivity index (χ0) is 13.3. The van der Waals surface area contributed by atoms with Gasteiger partial charge in [-0.05, 0) is 26.0 Å². The average molecular weight is 270 g/mol. The van der Waals surface area contributed by atoms with Crippen LogP contribution in [-0.2, 0) is 4.79 Å². The monoisotopic (exact) mass is 270 g/mol. The van der Waals surface area contributed by atoms with Gasteiger partial charge in [-0.2, -0.15) is 24.9 Å². The van der Waals surface area contributed by atoms with E-state index in [0.717, 1.165) is 12.8 Å². The number of carbonyl (C=O) groups is 1. The van der Waals surface area contributed by atoms with Gasteiger partial charge in [0.05, 0.1) is 0 Å². The molecule has 0 bridgehead atoms. The van der Waals surface area contributed by atoms with Crippen molar-refractivity contribution in [1.29, 1.82) is 0 Å². The fourth-order valence-corrected chi connectivity index (χ4v) is 2.76. The SMILES string of the molecule is CSC1CCCC1NC(=O)C(C)(N)C(F)(F)F. The summed E-state index contributed by atoms with van der Waals surface area (Å²) in [4.78, 5) is 11.6. The molecular weight excluding hydrogens is 253 g/mol. The number of amides is 1. The molecule has 7 heteroatoms. The number of hydrogen-bond donors (Lipinski definition) is 2. The number of carbonyl (C=O) groups excluding carboxylic acids is 1. The van der Waals surface area contributed by atoms with Crippen LogP contribution >= 0.6 is 11.8 Å². The quantitative estimate of drug-likeness (QED) is 0.820. The first-order chi connectivity index (χ1) is 7.70. The minimum atomic E-state index is -4.73. The lowest BCUT2D eigenvalue weighted by Gasteiger charge is -2.29. The summed E-state index contributed by atoms with van der Waals surface area (Å²) < 4.78 is 37.6. The van der Waals surface area contributed by atoms with Crippen LogP contribution in [-0.4, -0.2) is 35.2 Å². The molecule has 1 rings (SSSR count). The lowest BCUT2D eigenvalue weighted by molar-refractivity contribution is -0.187. The molecule has 0 saturated heterocycles. The van der Waals surface area contributed by atoms with Crippen molar-refractivity contribution in [3.8, 4) is 0 Å². The molecule has 0 aromatic heterocycles. The van der Waals surface area contributed by atoms with Crippen LogP contribution in [0, 0.1) is 0 Å². The minimum absolute atomic E-state index is 0.183. The lowest BCUT2D eigenvalue weighted by Crippen LogP contribution is -2.63. The summed E-state index contributed by atoms with van der Waals surface area (Å²) in [5, 5.41) is 2.61. The molecule has 0 aromatic rings. The zero-order valence-electron chi connectivity index (χ0n) is 9.80. The van der Waals surface area contributed by atoms with E-state index in [1.165, 1.54) is 0 Å². The molecule has 1 aliphatic carbocycles. The van der Waals surface area contributed by atoms with Gasteiger partial charge in [-0.15, -0.1) is 0 Å². The van der Waals surface area contributed by atoms with Crippen molar-refractivity contribution >= 4 is 17.7 Å². The van der Waals surface area contributed by atoms with E-state index in [-0.39, 0.29) is 11.3 Å². The number of nitrogens with two attached hydrogens (primary N) is 1. The molecule has 0 heterocycles. The molecule has 0 aromatic carbocycles. The van der Waals surface area contributed by atoms with E-state index < -0.39 is 17.6 Å². The van der Waals surface area contributed by atoms with Gasteiger partial charge in [0.25, 0.3) is 0 Å². The van der Waals surface area contributed by atoms with Gasteiger partial charge >= 0.3 is 6.18 Å². The molecule has 3 unspecified atom stereocenters. The number of hydrogen-bond acceptors (Lipinski definition) is 3. The van der Waals surface area contributed by atoms with Gasteiger partial charge in [0.15, 0.2) is 5.54 Å². The summed E-state index contributed by atoms with van der Waals surface area (Å²) in [6, 6.07) is -0.206. The van der Waals surface area contributed by atoms with Crippen LogP contribution in [0.5, 0.6) is 0 Å². The first-order valence-corrected chi connectivity index (χ1v) is 6.68. The van der Waals surface area contributed by atoms with Crippen molar-refractivity contribution in [2.24, 2.45) is 5.73 Å². The summed E-state index contributed by atoms with van der Waals surface area (Å²) in [6.45, 7) is 0.700. The third kappa shape index (κ3) is 3.07. The van der Waals surface area contributed by atoms with Crippen molar-refractivity contribution < 1.29 is 18.0 Å². The second kappa shape index (κ2) is 5.06. The summed E-state index contributed by atoms with van der Waals surface area (Å²) in [5.74, 6) is -1.14. The molecule has 1 amide bonds. The van der Waals surface area contributed by atoms with Crippen molar-refractivity contribution in [1.82, 2.24) is 5.32 Å². The highest BCUT2D eigenvalue weighted by atomic mass is 32.2. The molecule has 100 valence electrons. The Labute approximate surface area is 103 Å². The number of halogens is 3. The number of alkyl halides is 3. The van der Waals surface area contributed by atoms with E-state index in [1.807, 2.05) is 6.26 Å². The predicted molar refractivity (Wildman–Crippen MR) is 61.7 cm³/mol. The van der Waals surface area contributed by atoms with Crippen LogP contribution < -0.4 is 11.1 Å². The number of nitrogens with one attached hydrogen (secondary N) is 1. The predicted octanol–water partition coefficient (Wildman–Crippen LogP) is 1.67. The Balaban J connectivity index is 2.66. The highest BCUT2D eigenvalue weighted by molar-refractivity contribution is 7.99. The van der Waals surface area contributed by atoms with Crippen molar-refractivity contribution in [2.75, 3.05) is 6.26 Å². The summed E-state index contributed by atoms with van der Waals surface area (Å²) in [7, 11) is 0. The summed E-state index contributed by atoms with van der Waals surface area (Å²) in [5.41, 5.74) is 2.24. The molecule has 1 fully saturated rings. The van der Waals surface area contributed by atoms with Crippen molar-refractivity contribution in [3.05, 3.63) is 0 Å². The van der Waals surface area contributed by atoms with E-state index in [1.54, 1.807) is 11.8 Å². The molecular formula is C10H17F3N2OS. The van der Waals surface area contributed by atoms with Crippen molar-refractivity contribution in [2.45, 2.75) is 49.2 Å². The van der Waals surface area contributed by atoms with Crippen LogP contribution in [0.4, 0.5) is 13.2 Å². The molecule has 0 aliphatic heterocycles. The number of rotatable bonds is 3. The summed E-state index contributed by atoms with van der Waals surface area (Å²) >= 11 is 1.56. The average Bonchev–Trinajstić information content (AvgIpc) is 2.63. The summed E-state index contributed by atoms with van der Waals surface area (Å²) in [6.07, 6.45) is -0.292. The topological polar surface area (TPSA) is 55.1 Å². The molecule has 3 nitrogen and oxygen atoms in total. The first-order valence-electron chi connectivity index (χ1n) is 5.39. The Morgan fingerprint density at radius 3 is 2.47 bits per heavy atom. The highest BCUT2D eigenvalue weighted by Gasteiger charge is 2.54. The van der Waals surface area contributed by atoms with Gasteiger partial charge in [0.1, 0.15) is 0 Å². The molecule has 1 aliphatic rings. The van der Waals surface area contributed by atoms with Gasteiger partial charge in [-0.3, -0.25) is 4.79 Å². The maximum atomic E-state index is 12.5. The fraction of sp³-hybridized carbons (Fsp3) is 0.900. The molecule has 3 atom stereocenters. The van der Waals surface area contributed by atoms with Gasteiger partial charge in [0, 0.05) is 11.3 Å². The minimum Gasteiger partial charge on any atom is -0.350 e. The Bertz CT molecular complexity index is 294. The Hall–Kier alpha value is -0.430. The fourth-order valence-electron chi connectivity index (χ4n) is 1.82. The molecule has 0 spiro atoms. The third-order valence-electron chi connectivity index (χ3n) is 3.13. The second-order valence-electron chi connectivity index (χ2n) is 4.49. The largest absolute Gasteiger partial charge is 0.415 e. The van der Waals surface area contributed by atoms with E-state index in [0.29, 0.717) is 13.3 Å². The molecule has 1 saturated carbocycles. The zero-order valence-corrected chi connectivity index (χ0v) is 10.6. The highest BCUT2D eigenvalue weighted by Crippen LogP contribution is 2.31. The Morgan fingerprint density at radius 2 is 2.00 bits per heavy atom. The van der Waals surface area contributed by atoms with Crippen LogP contribution in [0.25, 0.3) is 0 Å². The van der Waals surface area contributed by atoms with Gasteiger partial charge in [-0.25, -0.2) is 0 Å².